The highest BCUT2D eigenvalue weighted by atomic mass is 35.5. The smallest absolute Gasteiger partial charge is 0.248 e. The molecule has 0 aromatic heterocycles. The number of methoxy groups -OCH3 is 1. The second-order valence-corrected chi connectivity index (χ2v) is 5.86. The molecule has 0 aliphatic carbocycles. The number of hydrogen-bond donors (Lipinski definition) is 0. The molecule has 2 rings (SSSR count). The molecule has 0 spiro atoms. The van der Waals surface area contributed by atoms with Crippen molar-refractivity contribution in [1.82, 2.24) is 4.31 Å². The van der Waals surface area contributed by atoms with Crippen LogP contribution in [0.2, 0.25) is 5.02 Å². The van der Waals surface area contributed by atoms with Crippen molar-refractivity contribution >= 4 is 21.6 Å². The zero-order valence-corrected chi connectivity index (χ0v) is 10.8. The molecule has 0 saturated carbocycles. The van der Waals surface area contributed by atoms with Crippen LogP contribution in [0.3, 0.4) is 0 Å². The standard InChI is InChI=1S/C10H12ClNO4S/c1-15-9-3-2-8(11)6-10(9)17(13,14)12-4-5-16-7-12/h2-3,6H,4-5,7H2,1H3. The van der Waals surface area contributed by atoms with Crippen LogP contribution in [0.25, 0.3) is 0 Å². The van der Waals surface area contributed by atoms with E-state index in [2.05, 4.69) is 0 Å². The Morgan fingerprint density at radius 2 is 2.24 bits per heavy atom. The first-order valence-corrected chi connectivity index (χ1v) is 6.79. The number of ether oxygens (including phenoxy) is 2. The molecule has 1 saturated heterocycles. The molecule has 1 aliphatic heterocycles. The molecule has 0 bridgehead atoms. The Morgan fingerprint density at radius 1 is 1.47 bits per heavy atom. The van der Waals surface area contributed by atoms with Crippen LogP contribution in [-0.2, 0) is 14.8 Å². The van der Waals surface area contributed by atoms with Gasteiger partial charge in [0.2, 0.25) is 10.0 Å². The van der Waals surface area contributed by atoms with Crippen molar-refractivity contribution < 1.29 is 17.9 Å². The summed E-state index contributed by atoms with van der Waals surface area (Å²) in [6, 6.07) is 4.50. The van der Waals surface area contributed by atoms with Gasteiger partial charge in [-0.05, 0) is 18.2 Å². The Balaban J connectivity index is 2.47. The van der Waals surface area contributed by atoms with Gasteiger partial charge in [-0.15, -0.1) is 0 Å². The van der Waals surface area contributed by atoms with Crippen LogP contribution in [0.4, 0.5) is 0 Å². The molecule has 17 heavy (non-hydrogen) atoms. The average molecular weight is 278 g/mol. The van der Waals surface area contributed by atoms with Crippen LogP contribution in [-0.4, -0.2) is 39.7 Å². The first-order valence-electron chi connectivity index (χ1n) is 4.97. The van der Waals surface area contributed by atoms with Gasteiger partial charge in [-0.1, -0.05) is 11.6 Å². The van der Waals surface area contributed by atoms with Gasteiger partial charge in [0.25, 0.3) is 0 Å². The van der Waals surface area contributed by atoms with Crippen molar-refractivity contribution in [2.75, 3.05) is 27.0 Å². The van der Waals surface area contributed by atoms with Crippen molar-refractivity contribution in [1.29, 1.82) is 0 Å². The number of halogens is 1. The minimum Gasteiger partial charge on any atom is -0.495 e. The van der Waals surface area contributed by atoms with Gasteiger partial charge < -0.3 is 9.47 Å². The van der Waals surface area contributed by atoms with Crippen LogP contribution in [0.1, 0.15) is 0 Å². The van der Waals surface area contributed by atoms with E-state index in [1.54, 1.807) is 6.07 Å². The molecule has 0 radical (unpaired) electrons. The molecule has 94 valence electrons. The molecule has 0 N–H and O–H groups in total. The lowest BCUT2D eigenvalue weighted by Crippen LogP contribution is -2.28. The molecule has 1 aliphatic rings. The maximum absolute atomic E-state index is 12.3. The lowest BCUT2D eigenvalue weighted by Gasteiger charge is -2.16. The highest BCUT2D eigenvalue weighted by Gasteiger charge is 2.30. The first kappa shape index (κ1) is 12.6. The second kappa shape index (κ2) is 4.81. The zero-order chi connectivity index (χ0) is 12.5. The number of hydrogen-bond acceptors (Lipinski definition) is 4. The van der Waals surface area contributed by atoms with Crippen molar-refractivity contribution in [2.45, 2.75) is 4.90 Å². The third-order valence-corrected chi connectivity index (χ3v) is 4.54. The van der Waals surface area contributed by atoms with Crippen molar-refractivity contribution in [3.05, 3.63) is 23.2 Å². The summed E-state index contributed by atoms with van der Waals surface area (Å²) in [6.07, 6.45) is 0. The van der Waals surface area contributed by atoms with Gasteiger partial charge in [0.05, 0.1) is 13.7 Å². The molecule has 5 nitrogen and oxygen atoms in total. The van der Waals surface area contributed by atoms with E-state index >= 15 is 0 Å². The monoisotopic (exact) mass is 277 g/mol. The van der Waals surface area contributed by atoms with Crippen molar-refractivity contribution in [2.24, 2.45) is 0 Å². The Kier molecular flexibility index (Phi) is 3.58. The van der Waals surface area contributed by atoms with E-state index in [0.29, 0.717) is 18.2 Å². The van der Waals surface area contributed by atoms with E-state index in [0.717, 1.165) is 0 Å². The van der Waals surface area contributed by atoms with Gasteiger partial charge in [0.15, 0.2) is 0 Å². The summed E-state index contributed by atoms with van der Waals surface area (Å²) in [6.45, 7) is 0.818. The minimum absolute atomic E-state index is 0.0675. The van der Waals surface area contributed by atoms with Crippen molar-refractivity contribution in [3.63, 3.8) is 0 Å². The predicted octanol–water partition coefficient (Wildman–Crippen LogP) is 1.33. The van der Waals surface area contributed by atoms with E-state index in [4.69, 9.17) is 21.1 Å². The molecule has 1 heterocycles. The molecule has 7 heteroatoms. The summed E-state index contributed by atoms with van der Waals surface area (Å²) < 4.78 is 35.9. The Bertz CT molecular complexity index is 511. The number of benzene rings is 1. The summed E-state index contributed by atoms with van der Waals surface area (Å²) >= 11 is 5.82. The van der Waals surface area contributed by atoms with E-state index in [1.807, 2.05) is 0 Å². The molecule has 1 fully saturated rings. The van der Waals surface area contributed by atoms with Crippen LogP contribution < -0.4 is 4.74 Å². The quantitative estimate of drug-likeness (QED) is 0.836. The van der Waals surface area contributed by atoms with E-state index < -0.39 is 10.0 Å². The third-order valence-electron chi connectivity index (χ3n) is 2.46. The molecular weight excluding hydrogens is 266 g/mol. The van der Waals surface area contributed by atoms with E-state index in [9.17, 15) is 8.42 Å². The Morgan fingerprint density at radius 3 is 2.82 bits per heavy atom. The van der Waals surface area contributed by atoms with E-state index in [1.165, 1.54) is 23.5 Å². The number of nitrogens with zero attached hydrogens (tertiary/aromatic N) is 1. The molecular formula is C10H12ClNO4S. The van der Waals surface area contributed by atoms with Gasteiger partial charge in [0.1, 0.15) is 17.4 Å². The largest absolute Gasteiger partial charge is 0.495 e. The fourth-order valence-corrected chi connectivity index (χ4v) is 3.30. The van der Waals surface area contributed by atoms with Crippen LogP contribution in [0, 0.1) is 0 Å². The lowest BCUT2D eigenvalue weighted by atomic mass is 10.3. The third kappa shape index (κ3) is 2.40. The molecule has 1 aromatic carbocycles. The molecule has 1 aromatic rings. The summed E-state index contributed by atoms with van der Waals surface area (Å²) in [5.74, 6) is 0.279. The predicted molar refractivity (Wildman–Crippen MR) is 62.7 cm³/mol. The van der Waals surface area contributed by atoms with Crippen molar-refractivity contribution in [3.8, 4) is 5.75 Å². The summed E-state index contributed by atoms with van der Waals surface area (Å²) in [5, 5.41) is 0.351. The maximum Gasteiger partial charge on any atom is 0.248 e. The Labute approximate surface area is 105 Å². The van der Waals surface area contributed by atoms with Gasteiger partial charge in [-0.25, -0.2) is 8.42 Å². The van der Waals surface area contributed by atoms with Crippen LogP contribution in [0.5, 0.6) is 5.75 Å². The summed E-state index contributed by atoms with van der Waals surface area (Å²) in [5.41, 5.74) is 0. The SMILES string of the molecule is COc1ccc(Cl)cc1S(=O)(=O)N1CCOC1. The lowest BCUT2D eigenvalue weighted by molar-refractivity contribution is 0.172. The van der Waals surface area contributed by atoms with Crippen LogP contribution in [0.15, 0.2) is 23.1 Å². The fourth-order valence-electron chi connectivity index (χ4n) is 1.58. The first-order chi connectivity index (χ1) is 8.05. The fraction of sp³-hybridized carbons (Fsp3) is 0.400. The van der Waals surface area contributed by atoms with Gasteiger partial charge in [-0.3, -0.25) is 0 Å². The highest BCUT2D eigenvalue weighted by Crippen LogP contribution is 2.30. The van der Waals surface area contributed by atoms with Gasteiger partial charge in [0, 0.05) is 11.6 Å². The number of rotatable bonds is 3. The molecule has 0 unspecified atom stereocenters. The topological polar surface area (TPSA) is 55.8 Å². The maximum atomic E-state index is 12.3. The molecule has 0 amide bonds. The zero-order valence-electron chi connectivity index (χ0n) is 9.22. The summed E-state index contributed by atoms with van der Waals surface area (Å²) in [4.78, 5) is 0.0676. The highest BCUT2D eigenvalue weighted by molar-refractivity contribution is 7.89. The minimum atomic E-state index is -3.61. The van der Waals surface area contributed by atoms with Gasteiger partial charge >= 0.3 is 0 Å². The summed E-state index contributed by atoms with van der Waals surface area (Å²) in [7, 11) is -2.19. The molecule has 0 atom stereocenters. The van der Waals surface area contributed by atoms with Gasteiger partial charge in [-0.2, -0.15) is 4.31 Å². The number of sulfonamides is 1. The second-order valence-electron chi connectivity index (χ2n) is 3.51. The van der Waals surface area contributed by atoms with E-state index in [-0.39, 0.29) is 17.4 Å². The Hall–Kier alpha value is -0.820. The van der Waals surface area contributed by atoms with Crippen LogP contribution >= 0.6 is 11.6 Å². The average Bonchev–Trinajstić information content (AvgIpc) is 2.83. The normalized spacial score (nSPS) is 17.3.